The van der Waals surface area contributed by atoms with Crippen LogP contribution in [0.5, 0.6) is 5.75 Å². The minimum Gasteiger partial charge on any atom is -0.507 e. The van der Waals surface area contributed by atoms with Crippen LogP contribution in [0.25, 0.3) is 5.76 Å². The van der Waals surface area contributed by atoms with Gasteiger partial charge in [-0.1, -0.05) is 12.1 Å². The highest BCUT2D eigenvalue weighted by Crippen LogP contribution is 2.40. The fourth-order valence-electron chi connectivity index (χ4n) is 3.65. The largest absolute Gasteiger partial charge is 0.507 e. The third-order valence-corrected chi connectivity index (χ3v) is 5.15. The molecule has 2 aromatic rings. The Kier molecular flexibility index (Phi) is 7.21. The molecule has 0 spiro atoms. The average Bonchev–Trinajstić information content (AvgIpc) is 3.04. The molecule has 1 aliphatic rings. The number of non-ortho nitro benzene ring substituents is 1. The van der Waals surface area contributed by atoms with Gasteiger partial charge in [0.2, 0.25) is 0 Å². The smallest absolute Gasteiger partial charge is 0.295 e. The Labute approximate surface area is 185 Å². The number of likely N-dealkylation sites (tertiary alicyclic amines) is 1. The molecular weight excluding hydrogens is 416 g/mol. The van der Waals surface area contributed by atoms with Gasteiger partial charge in [-0.15, -0.1) is 0 Å². The molecule has 1 N–H and O–H groups in total. The summed E-state index contributed by atoms with van der Waals surface area (Å²) >= 11 is 0. The predicted octanol–water partition coefficient (Wildman–Crippen LogP) is 3.45. The van der Waals surface area contributed by atoms with E-state index in [9.17, 15) is 24.8 Å². The van der Waals surface area contributed by atoms with Crippen LogP contribution in [0.3, 0.4) is 0 Å². The molecule has 1 heterocycles. The molecular formula is C23H24N2O7. The lowest BCUT2D eigenvalue weighted by Crippen LogP contribution is -2.31. The summed E-state index contributed by atoms with van der Waals surface area (Å²) in [6.45, 7) is 3.02. The summed E-state index contributed by atoms with van der Waals surface area (Å²) in [5.41, 5.74) is 0.630. The number of aliphatic hydroxyl groups excluding tert-OH is 1. The first-order valence-corrected chi connectivity index (χ1v) is 10.1. The first kappa shape index (κ1) is 23.0. The van der Waals surface area contributed by atoms with Crippen LogP contribution in [0, 0.1) is 10.1 Å². The third-order valence-electron chi connectivity index (χ3n) is 5.15. The summed E-state index contributed by atoms with van der Waals surface area (Å²) in [4.78, 5) is 37.5. The number of ketones is 1. The van der Waals surface area contributed by atoms with Gasteiger partial charge >= 0.3 is 0 Å². The Morgan fingerprint density at radius 3 is 2.34 bits per heavy atom. The number of amides is 1. The number of Topliss-reactive ketones (excluding diaryl/α,β-unsaturated/α-hetero) is 1. The van der Waals surface area contributed by atoms with Crippen molar-refractivity contribution in [1.29, 1.82) is 0 Å². The number of hydrogen-bond acceptors (Lipinski definition) is 7. The molecule has 0 radical (unpaired) electrons. The molecule has 9 heteroatoms. The number of nitrogens with zero attached hydrogens (tertiary/aromatic N) is 2. The number of aliphatic hydroxyl groups is 1. The van der Waals surface area contributed by atoms with Crippen molar-refractivity contribution in [2.24, 2.45) is 0 Å². The molecule has 9 nitrogen and oxygen atoms in total. The molecule has 0 bridgehead atoms. The Morgan fingerprint density at radius 1 is 1.12 bits per heavy atom. The van der Waals surface area contributed by atoms with Gasteiger partial charge in [-0.3, -0.25) is 19.7 Å². The summed E-state index contributed by atoms with van der Waals surface area (Å²) < 4.78 is 10.5. The summed E-state index contributed by atoms with van der Waals surface area (Å²) in [6.07, 6.45) is 0.509. The normalized spacial score (nSPS) is 17.6. The summed E-state index contributed by atoms with van der Waals surface area (Å²) in [7, 11) is 1.55. The molecule has 1 fully saturated rings. The van der Waals surface area contributed by atoms with E-state index in [0.717, 1.165) is 0 Å². The third kappa shape index (κ3) is 4.62. The first-order valence-electron chi connectivity index (χ1n) is 10.1. The molecule has 1 aliphatic heterocycles. The van der Waals surface area contributed by atoms with Gasteiger partial charge in [-0.25, -0.2) is 0 Å². The van der Waals surface area contributed by atoms with Gasteiger partial charge in [0.25, 0.3) is 17.4 Å². The zero-order chi connectivity index (χ0) is 23.3. The molecule has 1 saturated heterocycles. The summed E-state index contributed by atoms with van der Waals surface area (Å²) in [5.74, 6) is -1.27. The van der Waals surface area contributed by atoms with Crippen LogP contribution < -0.4 is 4.74 Å². The van der Waals surface area contributed by atoms with E-state index in [0.29, 0.717) is 30.9 Å². The molecule has 0 aliphatic carbocycles. The van der Waals surface area contributed by atoms with Crippen LogP contribution in [0.1, 0.15) is 30.5 Å². The van der Waals surface area contributed by atoms with Crippen LogP contribution in [0.15, 0.2) is 54.1 Å². The molecule has 0 saturated carbocycles. The number of carbonyl (C=O) groups excluding carboxylic acids is 2. The monoisotopic (exact) mass is 440 g/mol. The molecule has 32 heavy (non-hydrogen) atoms. The highest BCUT2D eigenvalue weighted by molar-refractivity contribution is 6.46. The van der Waals surface area contributed by atoms with Gasteiger partial charge in [0.15, 0.2) is 0 Å². The van der Waals surface area contributed by atoms with Crippen molar-refractivity contribution in [2.45, 2.75) is 19.4 Å². The number of ether oxygens (including phenoxy) is 2. The lowest BCUT2D eigenvalue weighted by molar-refractivity contribution is -0.384. The van der Waals surface area contributed by atoms with Crippen molar-refractivity contribution in [3.05, 3.63) is 75.3 Å². The standard InChI is InChI=1S/C23H24N2O7/c1-3-32-18-11-7-15(8-12-18)20-19(22(27)23(28)24(20)13-4-14-31-2)21(26)16-5-9-17(10-6-16)25(29)30/h5-12,20,26H,3-4,13-14H2,1-2H3/b21-19-. The van der Waals surface area contributed by atoms with E-state index in [1.165, 1.54) is 29.2 Å². The number of benzene rings is 2. The van der Waals surface area contributed by atoms with Crippen molar-refractivity contribution >= 4 is 23.1 Å². The minimum absolute atomic E-state index is 0.0644. The van der Waals surface area contributed by atoms with Gasteiger partial charge in [0.1, 0.15) is 11.5 Å². The second-order valence-electron chi connectivity index (χ2n) is 7.14. The Hall–Kier alpha value is -3.72. The topological polar surface area (TPSA) is 119 Å². The lowest BCUT2D eigenvalue weighted by atomic mass is 9.95. The maximum atomic E-state index is 12.9. The number of carbonyl (C=O) groups is 2. The van der Waals surface area contributed by atoms with Crippen molar-refractivity contribution in [3.63, 3.8) is 0 Å². The first-order chi connectivity index (χ1) is 15.4. The van der Waals surface area contributed by atoms with Crippen LogP contribution in [0.4, 0.5) is 5.69 Å². The Bertz CT molecular complexity index is 1030. The Balaban J connectivity index is 2.07. The minimum atomic E-state index is -0.808. The van der Waals surface area contributed by atoms with E-state index in [-0.39, 0.29) is 29.1 Å². The highest BCUT2D eigenvalue weighted by Gasteiger charge is 2.45. The van der Waals surface area contributed by atoms with E-state index >= 15 is 0 Å². The number of rotatable bonds is 9. The molecule has 168 valence electrons. The number of nitro benzene ring substituents is 1. The van der Waals surface area contributed by atoms with E-state index < -0.39 is 22.7 Å². The van der Waals surface area contributed by atoms with Gasteiger partial charge in [0.05, 0.1) is 23.1 Å². The molecule has 1 amide bonds. The molecule has 1 unspecified atom stereocenters. The summed E-state index contributed by atoms with van der Waals surface area (Å²) in [5, 5.41) is 21.9. The molecule has 1 atom stereocenters. The molecule has 3 rings (SSSR count). The zero-order valence-corrected chi connectivity index (χ0v) is 17.8. The lowest BCUT2D eigenvalue weighted by Gasteiger charge is -2.25. The number of methoxy groups -OCH3 is 1. The van der Waals surface area contributed by atoms with Gasteiger partial charge in [-0.05, 0) is 43.2 Å². The quantitative estimate of drug-likeness (QED) is 0.158. The van der Waals surface area contributed by atoms with E-state index in [1.54, 1.807) is 31.4 Å². The second kappa shape index (κ2) is 10.1. The van der Waals surface area contributed by atoms with Gasteiger partial charge in [0, 0.05) is 38.0 Å². The van der Waals surface area contributed by atoms with E-state index in [1.807, 2.05) is 6.92 Å². The zero-order valence-electron chi connectivity index (χ0n) is 17.8. The van der Waals surface area contributed by atoms with E-state index in [4.69, 9.17) is 9.47 Å². The SMILES string of the molecule is CCOc1ccc(C2/C(=C(/O)c3ccc([N+](=O)[O-])cc3)C(=O)C(=O)N2CCCOC)cc1. The van der Waals surface area contributed by atoms with Gasteiger partial charge in [-0.2, -0.15) is 0 Å². The maximum Gasteiger partial charge on any atom is 0.295 e. The number of nitro groups is 1. The van der Waals surface area contributed by atoms with Crippen molar-refractivity contribution < 1.29 is 29.1 Å². The van der Waals surface area contributed by atoms with E-state index in [2.05, 4.69) is 0 Å². The predicted molar refractivity (Wildman–Crippen MR) is 116 cm³/mol. The van der Waals surface area contributed by atoms with Crippen molar-refractivity contribution in [2.75, 3.05) is 26.9 Å². The van der Waals surface area contributed by atoms with Crippen LogP contribution >= 0.6 is 0 Å². The van der Waals surface area contributed by atoms with Crippen LogP contribution in [-0.4, -0.2) is 53.5 Å². The van der Waals surface area contributed by atoms with Crippen LogP contribution in [-0.2, 0) is 14.3 Å². The Morgan fingerprint density at radius 2 is 1.78 bits per heavy atom. The fraction of sp³-hybridized carbons (Fsp3) is 0.304. The second-order valence-corrected chi connectivity index (χ2v) is 7.14. The fourth-order valence-corrected chi connectivity index (χ4v) is 3.65. The highest BCUT2D eigenvalue weighted by atomic mass is 16.6. The van der Waals surface area contributed by atoms with Crippen molar-refractivity contribution in [3.8, 4) is 5.75 Å². The van der Waals surface area contributed by atoms with Gasteiger partial charge < -0.3 is 19.5 Å². The number of hydrogen-bond donors (Lipinski definition) is 1. The summed E-state index contributed by atoms with van der Waals surface area (Å²) in [6, 6.07) is 11.3. The molecule has 2 aromatic carbocycles. The van der Waals surface area contributed by atoms with Crippen LogP contribution in [0.2, 0.25) is 0 Å². The average molecular weight is 440 g/mol. The maximum absolute atomic E-state index is 12.9. The molecule has 0 aromatic heterocycles. The van der Waals surface area contributed by atoms with Crippen molar-refractivity contribution in [1.82, 2.24) is 4.90 Å².